The maximum Gasteiger partial charge on any atom is 0.270 e. The van der Waals surface area contributed by atoms with Crippen molar-refractivity contribution in [1.82, 2.24) is 9.73 Å². The van der Waals surface area contributed by atoms with Crippen LogP contribution >= 0.6 is 23.4 Å². The molecule has 0 aliphatic carbocycles. The number of hydrogen-bond acceptors (Lipinski definition) is 8. The van der Waals surface area contributed by atoms with Gasteiger partial charge in [-0.3, -0.25) is 15.5 Å². The van der Waals surface area contributed by atoms with Crippen LogP contribution in [0.3, 0.4) is 0 Å². The molecule has 0 radical (unpaired) electrons. The van der Waals surface area contributed by atoms with Crippen molar-refractivity contribution in [1.29, 1.82) is 0 Å². The lowest BCUT2D eigenvalue weighted by molar-refractivity contribution is -0.384. The summed E-state index contributed by atoms with van der Waals surface area (Å²) in [5, 5.41) is 16.0. The van der Waals surface area contributed by atoms with Gasteiger partial charge in [0.05, 0.1) is 39.5 Å². The van der Waals surface area contributed by atoms with Crippen molar-refractivity contribution in [2.75, 3.05) is 32.1 Å². The lowest BCUT2D eigenvalue weighted by Gasteiger charge is -2.26. The Morgan fingerprint density at radius 1 is 1.22 bits per heavy atom. The molecule has 0 bridgehead atoms. The number of ether oxygens (including phenoxy) is 1. The zero-order valence-corrected chi connectivity index (χ0v) is 19.0. The Bertz CT molecular complexity index is 1210. The van der Waals surface area contributed by atoms with Gasteiger partial charge in [0.15, 0.2) is 5.17 Å². The number of nitro groups is 1. The highest BCUT2D eigenvalue weighted by molar-refractivity contribution is 8.14. The average Bonchev–Trinajstić information content (AvgIpc) is 2.81. The van der Waals surface area contributed by atoms with E-state index in [2.05, 4.69) is 15.5 Å². The first-order valence-electron chi connectivity index (χ1n) is 9.51. The summed E-state index contributed by atoms with van der Waals surface area (Å²) in [5.74, 6) is 0.427. The molecule has 10 nitrogen and oxygen atoms in total. The number of non-ortho nitro benzene ring substituents is 1. The van der Waals surface area contributed by atoms with Crippen LogP contribution in [-0.2, 0) is 14.8 Å². The minimum absolute atomic E-state index is 0.0141. The normalized spacial score (nSPS) is 18.8. The number of morpholine rings is 1. The minimum atomic E-state index is -3.68. The molecule has 0 unspecified atom stereocenters. The summed E-state index contributed by atoms with van der Waals surface area (Å²) in [6.45, 7) is 1.30. The molecule has 0 aromatic heterocycles. The van der Waals surface area contributed by atoms with Crippen LogP contribution < -0.4 is 5.43 Å². The summed E-state index contributed by atoms with van der Waals surface area (Å²) in [6.07, 6.45) is 0. The fourth-order valence-electron chi connectivity index (χ4n) is 3.10. The largest absolute Gasteiger partial charge is 0.379 e. The van der Waals surface area contributed by atoms with E-state index in [1.807, 2.05) is 0 Å². The zero-order valence-electron chi connectivity index (χ0n) is 16.6. The SMILES string of the molecule is O=[N+]([O-])c1cccc(C2=NNC(=Nc3cc(S(=O)(=O)N4CCOCC4)ccc3Cl)SC2)c1. The Balaban J connectivity index is 1.55. The van der Waals surface area contributed by atoms with E-state index in [4.69, 9.17) is 16.3 Å². The summed E-state index contributed by atoms with van der Waals surface area (Å²) in [7, 11) is -3.68. The molecule has 4 rings (SSSR count). The third-order valence-corrected chi connectivity index (χ3v) is 7.86. The molecule has 13 heteroatoms. The van der Waals surface area contributed by atoms with Crippen LogP contribution in [0.4, 0.5) is 11.4 Å². The van der Waals surface area contributed by atoms with Gasteiger partial charge >= 0.3 is 0 Å². The molecule has 0 atom stereocenters. The summed E-state index contributed by atoms with van der Waals surface area (Å²) in [4.78, 5) is 15.1. The van der Waals surface area contributed by atoms with E-state index in [-0.39, 0.29) is 10.6 Å². The van der Waals surface area contributed by atoms with Gasteiger partial charge in [-0.15, -0.1) is 0 Å². The second-order valence-corrected chi connectivity index (χ2v) is 10.1. The number of hydrazone groups is 1. The van der Waals surface area contributed by atoms with Crippen LogP contribution in [0.2, 0.25) is 5.02 Å². The lowest BCUT2D eigenvalue weighted by atomic mass is 10.1. The van der Waals surface area contributed by atoms with E-state index in [0.29, 0.717) is 59.2 Å². The molecular weight excluding hydrogens is 478 g/mol. The number of nitrogens with one attached hydrogen (secondary N) is 1. The first-order valence-corrected chi connectivity index (χ1v) is 12.3. The summed E-state index contributed by atoms with van der Waals surface area (Å²) in [5.41, 5.74) is 4.36. The number of amidine groups is 1. The van der Waals surface area contributed by atoms with Crippen LogP contribution in [-0.4, -0.2) is 60.6 Å². The highest BCUT2D eigenvalue weighted by Gasteiger charge is 2.27. The number of benzene rings is 2. The predicted molar refractivity (Wildman–Crippen MR) is 123 cm³/mol. The van der Waals surface area contributed by atoms with Crippen LogP contribution in [0.15, 0.2) is 57.5 Å². The van der Waals surface area contributed by atoms with Gasteiger partial charge in [0.2, 0.25) is 10.0 Å². The quantitative estimate of drug-likeness (QED) is 0.499. The van der Waals surface area contributed by atoms with Gasteiger partial charge in [0.25, 0.3) is 5.69 Å². The van der Waals surface area contributed by atoms with Gasteiger partial charge in [-0.2, -0.15) is 9.41 Å². The fraction of sp³-hybridized carbons (Fsp3) is 0.263. The third-order valence-electron chi connectivity index (χ3n) is 4.77. The number of aliphatic imine (C=N–C) groups is 1. The van der Waals surface area contributed by atoms with Crippen molar-refractivity contribution in [2.24, 2.45) is 10.1 Å². The van der Waals surface area contributed by atoms with Gasteiger partial charge in [0, 0.05) is 36.5 Å². The first-order chi connectivity index (χ1) is 15.3. The standard InChI is InChI=1S/C19H18ClN5O5S2/c20-16-5-4-15(32(28,29)24-6-8-30-9-7-24)11-17(16)21-19-23-22-18(12-31-19)13-2-1-3-14(10-13)25(26)27/h1-5,10-11H,6-9,12H2,(H,21,23). The van der Waals surface area contributed by atoms with E-state index >= 15 is 0 Å². The van der Waals surface area contributed by atoms with Crippen molar-refractivity contribution >= 4 is 55.6 Å². The van der Waals surface area contributed by atoms with Crippen LogP contribution in [0.5, 0.6) is 0 Å². The van der Waals surface area contributed by atoms with Gasteiger partial charge in [-0.25, -0.2) is 13.4 Å². The van der Waals surface area contributed by atoms with Crippen LogP contribution in [0.1, 0.15) is 5.56 Å². The lowest BCUT2D eigenvalue weighted by Crippen LogP contribution is -2.40. The van der Waals surface area contributed by atoms with Gasteiger partial charge in [0.1, 0.15) is 0 Å². The Kier molecular flexibility index (Phi) is 6.76. The molecule has 2 aromatic rings. The fourth-order valence-corrected chi connectivity index (χ4v) is 5.47. The van der Waals surface area contributed by atoms with E-state index in [1.54, 1.807) is 12.1 Å². The molecule has 2 aromatic carbocycles. The summed E-state index contributed by atoms with van der Waals surface area (Å²) >= 11 is 7.58. The number of nitro benzene ring substituents is 1. The van der Waals surface area contributed by atoms with E-state index in [0.717, 1.165) is 0 Å². The molecule has 2 aliphatic rings. The Morgan fingerprint density at radius 2 is 2.00 bits per heavy atom. The number of sulfonamides is 1. The van der Waals surface area contributed by atoms with Crippen LogP contribution in [0, 0.1) is 10.1 Å². The molecule has 2 heterocycles. The van der Waals surface area contributed by atoms with Crippen molar-refractivity contribution in [2.45, 2.75) is 4.90 Å². The molecule has 2 aliphatic heterocycles. The summed E-state index contributed by atoms with van der Waals surface area (Å²) in [6, 6.07) is 10.6. The maximum atomic E-state index is 12.9. The number of rotatable bonds is 5. The Morgan fingerprint density at radius 3 is 2.69 bits per heavy atom. The van der Waals surface area contributed by atoms with Crippen molar-refractivity contribution < 1.29 is 18.1 Å². The van der Waals surface area contributed by atoms with Crippen molar-refractivity contribution in [3.63, 3.8) is 0 Å². The maximum absolute atomic E-state index is 12.9. The first kappa shape index (κ1) is 22.7. The molecule has 0 spiro atoms. The summed E-state index contributed by atoms with van der Waals surface area (Å²) < 4.78 is 32.4. The minimum Gasteiger partial charge on any atom is -0.379 e. The number of halogens is 1. The molecule has 1 fully saturated rings. The van der Waals surface area contributed by atoms with Crippen molar-refractivity contribution in [3.05, 3.63) is 63.2 Å². The van der Waals surface area contributed by atoms with Gasteiger partial charge < -0.3 is 4.74 Å². The molecule has 32 heavy (non-hydrogen) atoms. The third kappa shape index (κ3) is 4.94. The molecule has 0 saturated carbocycles. The highest BCUT2D eigenvalue weighted by Crippen LogP contribution is 2.31. The number of nitrogens with zero attached hydrogens (tertiary/aromatic N) is 4. The molecule has 1 saturated heterocycles. The Labute approximate surface area is 193 Å². The topological polar surface area (TPSA) is 126 Å². The molecular formula is C19H18ClN5O5S2. The van der Waals surface area contributed by atoms with Gasteiger partial charge in [-0.1, -0.05) is 35.5 Å². The molecule has 1 N–H and O–H groups in total. The highest BCUT2D eigenvalue weighted by atomic mass is 35.5. The van der Waals surface area contributed by atoms with Crippen LogP contribution in [0.25, 0.3) is 0 Å². The smallest absolute Gasteiger partial charge is 0.270 e. The zero-order chi connectivity index (χ0) is 22.7. The van der Waals surface area contributed by atoms with E-state index in [9.17, 15) is 18.5 Å². The second-order valence-electron chi connectivity index (χ2n) is 6.81. The monoisotopic (exact) mass is 495 g/mol. The molecule has 168 valence electrons. The average molecular weight is 496 g/mol. The Hall–Kier alpha value is -2.51. The van der Waals surface area contributed by atoms with Gasteiger partial charge in [-0.05, 0) is 18.2 Å². The number of hydrogen-bond donors (Lipinski definition) is 1. The number of thioether (sulfide) groups is 1. The molecule has 0 amide bonds. The second kappa shape index (κ2) is 9.55. The van der Waals surface area contributed by atoms with E-state index in [1.165, 1.54) is 46.4 Å². The van der Waals surface area contributed by atoms with Crippen molar-refractivity contribution in [3.8, 4) is 0 Å². The van der Waals surface area contributed by atoms with E-state index < -0.39 is 14.9 Å². The predicted octanol–water partition coefficient (Wildman–Crippen LogP) is 3.00.